The van der Waals surface area contributed by atoms with Crippen LogP contribution in [0.5, 0.6) is 0 Å². The van der Waals surface area contributed by atoms with Gasteiger partial charge in [-0.2, -0.15) is 0 Å². The monoisotopic (exact) mass is 1350 g/mol. The van der Waals surface area contributed by atoms with E-state index in [0.29, 0.717) is 25.7 Å². The van der Waals surface area contributed by atoms with Crippen LogP contribution in [-0.4, -0.2) is 96.7 Å². The Balaban J connectivity index is 5.22. The van der Waals surface area contributed by atoms with E-state index in [1.165, 1.54) is 161 Å². The number of aliphatic hydroxyl groups is 1. The van der Waals surface area contributed by atoms with Gasteiger partial charge in [-0.1, -0.05) is 312 Å². The second-order valence-corrected chi connectivity index (χ2v) is 30.9. The van der Waals surface area contributed by atoms with Gasteiger partial charge in [-0.3, -0.25) is 37.3 Å². The van der Waals surface area contributed by atoms with Crippen molar-refractivity contribution in [1.82, 2.24) is 0 Å². The first-order chi connectivity index (χ1) is 44.1. The van der Waals surface area contributed by atoms with E-state index in [0.717, 1.165) is 120 Å². The van der Waals surface area contributed by atoms with Crippen molar-refractivity contribution < 1.29 is 80.2 Å². The predicted octanol–water partition coefficient (Wildman–Crippen LogP) is 20.9. The van der Waals surface area contributed by atoms with Crippen LogP contribution in [0.25, 0.3) is 0 Å². The summed E-state index contributed by atoms with van der Waals surface area (Å²) in [6, 6.07) is 0. The highest BCUT2D eigenvalue weighted by Gasteiger charge is 2.30. The predicted molar refractivity (Wildman–Crippen MR) is 372 cm³/mol. The molecule has 0 aliphatic carbocycles. The lowest BCUT2D eigenvalue weighted by Gasteiger charge is -2.21. The molecule has 0 aromatic heterocycles. The van der Waals surface area contributed by atoms with Crippen LogP contribution < -0.4 is 0 Å². The molecule has 0 saturated carbocycles. The molecule has 92 heavy (non-hydrogen) atoms. The summed E-state index contributed by atoms with van der Waals surface area (Å²) in [5.41, 5.74) is 0. The van der Waals surface area contributed by atoms with Crippen LogP contribution in [0, 0.1) is 23.7 Å². The number of hydrogen-bond acceptors (Lipinski definition) is 15. The molecular formula is C73H142O17P2. The minimum absolute atomic E-state index is 0.104. The summed E-state index contributed by atoms with van der Waals surface area (Å²) >= 11 is 0. The van der Waals surface area contributed by atoms with Gasteiger partial charge in [-0.05, 0) is 49.4 Å². The molecule has 3 unspecified atom stereocenters. The van der Waals surface area contributed by atoms with Crippen molar-refractivity contribution in [2.75, 3.05) is 39.6 Å². The summed E-state index contributed by atoms with van der Waals surface area (Å²) in [7, 11) is -9.91. The molecule has 0 radical (unpaired) electrons. The van der Waals surface area contributed by atoms with Gasteiger partial charge in [-0.15, -0.1) is 0 Å². The van der Waals surface area contributed by atoms with Crippen molar-refractivity contribution in [1.29, 1.82) is 0 Å². The number of aliphatic hydroxyl groups excluding tert-OH is 1. The van der Waals surface area contributed by atoms with Gasteiger partial charge in [0.15, 0.2) is 12.2 Å². The fourth-order valence-electron chi connectivity index (χ4n) is 11.0. The summed E-state index contributed by atoms with van der Waals surface area (Å²) in [5, 5.41) is 10.6. The molecule has 6 atom stereocenters. The molecular weight excluding hydrogens is 1210 g/mol. The van der Waals surface area contributed by atoms with E-state index in [-0.39, 0.29) is 25.7 Å². The molecule has 0 bridgehead atoms. The molecule has 0 aromatic carbocycles. The minimum Gasteiger partial charge on any atom is -0.462 e. The molecule has 0 rings (SSSR count). The van der Waals surface area contributed by atoms with E-state index in [2.05, 4.69) is 55.4 Å². The van der Waals surface area contributed by atoms with Gasteiger partial charge in [-0.25, -0.2) is 9.13 Å². The highest BCUT2D eigenvalue weighted by atomic mass is 31.2. The zero-order chi connectivity index (χ0) is 68.2. The third kappa shape index (κ3) is 65.4. The zero-order valence-electron chi connectivity index (χ0n) is 60.2. The van der Waals surface area contributed by atoms with E-state index in [1.54, 1.807) is 0 Å². The first kappa shape index (κ1) is 90.1. The number of rotatable bonds is 70. The first-order valence-corrected chi connectivity index (χ1v) is 40.7. The lowest BCUT2D eigenvalue weighted by atomic mass is 10.00. The van der Waals surface area contributed by atoms with Crippen molar-refractivity contribution in [3.63, 3.8) is 0 Å². The van der Waals surface area contributed by atoms with Crippen LogP contribution in [0.2, 0.25) is 0 Å². The molecule has 0 spiro atoms. The van der Waals surface area contributed by atoms with E-state index >= 15 is 0 Å². The number of phosphoric ester groups is 2. The third-order valence-corrected chi connectivity index (χ3v) is 19.1. The van der Waals surface area contributed by atoms with Crippen LogP contribution in [0.3, 0.4) is 0 Å². The number of hydrogen-bond donors (Lipinski definition) is 3. The van der Waals surface area contributed by atoms with Gasteiger partial charge in [0.1, 0.15) is 19.3 Å². The van der Waals surface area contributed by atoms with Crippen molar-refractivity contribution in [3.8, 4) is 0 Å². The summed E-state index contributed by atoms with van der Waals surface area (Å²) in [5.74, 6) is 0.883. The largest absolute Gasteiger partial charge is 0.472 e. The van der Waals surface area contributed by atoms with E-state index in [4.69, 9.17) is 37.0 Å². The average Bonchev–Trinajstić information content (AvgIpc) is 1.89. The smallest absolute Gasteiger partial charge is 0.462 e. The number of unbranched alkanes of at least 4 members (excludes halogenated alkanes) is 35. The number of phosphoric acid groups is 2. The van der Waals surface area contributed by atoms with E-state index < -0.39 is 97.5 Å². The summed E-state index contributed by atoms with van der Waals surface area (Å²) in [6.45, 7) is 14.1. The Morgan fingerprint density at radius 2 is 0.522 bits per heavy atom. The number of ether oxygens (including phenoxy) is 4. The summed E-state index contributed by atoms with van der Waals surface area (Å²) in [4.78, 5) is 72.6. The standard InChI is InChI=1S/C73H142O17P2/c1-9-66(8)52-44-36-31-32-38-46-54-71(76)84-60-69(89-72(77)55-47-39-29-22-16-14-12-10-11-13-15-19-25-33-41-49-63(2)3)62-88-92(81,82)86-58-67(74)57-85-91(79,80)87-61-68(90-73(78)56-48-40-30-24-23-27-35-43-51-65(6)7)59-83-70(75)53-45-37-28-21-18-17-20-26-34-42-50-64(4)5/h63-69,74H,9-62H2,1-8H3,(H,79,80)(H,81,82)/t66?,67-,68-,69-/m1/s1. The minimum atomic E-state index is -4.95. The molecule has 0 aliphatic rings. The Morgan fingerprint density at radius 1 is 0.304 bits per heavy atom. The number of carbonyl (C=O) groups excluding carboxylic acids is 4. The van der Waals surface area contributed by atoms with Crippen LogP contribution in [-0.2, 0) is 65.4 Å². The van der Waals surface area contributed by atoms with Crippen molar-refractivity contribution in [3.05, 3.63) is 0 Å². The molecule has 0 heterocycles. The molecule has 0 aliphatic heterocycles. The quantitative estimate of drug-likeness (QED) is 0.0222. The lowest BCUT2D eigenvalue weighted by molar-refractivity contribution is -0.161. The Labute approximate surface area is 562 Å². The average molecular weight is 1350 g/mol. The van der Waals surface area contributed by atoms with Gasteiger partial charge < -0.3 is 33.8 Å². The molecule has 17 nitrogen and oxygen atoms in total. The van der Waals surface area contributed by atoms with Gasteiger partial charge in [0, 0.05) is 25.7 Å². The zero-order valence-corrected chi connectivity index (χ0v) is 62.0. The SMILES string of the molecule is CCC(C)CCCCCCCCC(=O)OC[C@H](COP(=O)(O)OC[C@H](O)COP(=O)(O)OC[C@@H](COC(=O)CCCCCCCCCCCCC(C)C)OC(=O)CCCCCCCCCCC(C)C)OC(=O)CCCCCCCCCCCCCCCCCC(C)C. The Bertz CT molecular complexity index is 1820. The van der Waals surface area contributed by atoms with E-state index in [1.807, 2.05) is 0 Å². The maximum Gasteiger partial charge on any atom is 0.472 e. The highest BCUT2D eigenvalue weighted by molar-refractivity contribution is 7.47. The van der Waals surface area contributed by atoms with Crippen LogP contribution in [0.1, 0.15) is 364 Å². The molecule has 0 aromatic rings. The lowest BCUT2D eigenvalue weighted by Crippen LogP contribution is -2.30. The highest BCUT2D eigenvalue weighted by Crippen LogP contribution is 2.45. The van der Waals surface area contributed by atoms with Crippen molar-refractivity contribution in [2.45, 2.75) is 382 Å². The van der Waals surface area contributed by atoms with Crippen LogP contribution in [0.15, 0.2) is 0 Å². The molecule has 546 valence electrons. The molecule has 3 N–H and O–H groups in total. The Kier molecular flexibility index (Phi) is 61.3. The van der Waals surface area contributed by atoms with Crippen LogP contribution in [0.4, 0.5) is 0 Å². The fourth-order valence-corrected chi connectivity index (χ4v) is 12.6. The maximum absolute atomic E-state index is 13.0. The van der Waals surface area contributed by atoms with Crippen LogP contribution >= 0.6 is 15.6 Å². The van der Waals surface area contributed by atoms with E-state index in [9.17, 15) is 43.2 Å². The summed E-state index contributed by atoms with van der Waals surface area (Å²) < 4.78 is 68.4. The Morgan fingerprint density at radius 3 is 0.772 bits per heavy atom. The second-order valence-electron chi connectivity index (χ2n) is 28.0. The molecule has 0 fully saturated rings. The van der Waals surface area contributed by atoms with Crippen molar-refractivity contribution in [2.24, 2.45) is 23.7 Å². The second kappa shape index (κ2) is 62.6. The van der Waals surface area contributed by atoms with Crippen molar-refractivity contribution >= 4 is 39.5 Å². The summed E-state index contributed by atoms with van der Waals surface area (Å²) in [6.07, 6.45) is 45.9. The maximum atomic E-state index is 13.0. The molecule has 0 amide bonds. The number of carbonyl (C=O) groups is 4. The first-order valence-electron chi connectivity index (χ1n) is 37.7. The Hall–Kier alpha value is -1.94. The van der Waals surface area contributed by atoms with Gasteiger partial charge in [0.2, 0.25) is 0 Å². The molecule has 19 heteroatoms. The van der Waals surface area contributed by atoms with Gasteiger partial charge in [0.05, 0.1) is 26.4 Å². The normalized spacial score (nSPS) is 14.5. The van der Waals surface area contributed by atoms with Gasteiger partial charge in [0.25, 0.3) is 0 Å². The third-order valence-electron chi connectivity index (χ3n) is 17.2. The topological polar surface area (TPSA) is 237 Å². The number of esters is 4. The molecule has 0 saturated heterocycles. The fraction of sp³-hybridized carbons (Fsp3) is 0.945. The van der Waals surface area contributed by atoms with Gasteiger partial charge >= 0.3 is 39.5 Å².